The lowest BCUT2D eigenvalue weighted by atomic mass is 9.96. The number of carbonyl (C=O) groups is 1. The summed E-state index contributed by atoms with van der Waals surface area (Å²) in [6.07, 6.45) is 2.13. The number of anilines is 1. The van der Waals surface area contributed by atoms with Crippen molar-refractivity contribution in [2.45, 2.75) is 39.0 Å². The van der Waals surface area contributed by atoms with Crippen LogP contribution in [0.15, 0.2) is 30.3 Å². The zero-order chi connectivity index (χ0) is 27.4. The minimum Gasteiger partial charge on any atom is -0.384 e. The maximum Gasteiger partial charge on any atom is 0.196 e. The van der Waals surface area contributed by atoms with E-state index >= 15 is 0 Å². The molecule has 0 spiro atoms. The summed E-state index contributed by atoms with van der Waals surface area (Å²) >= 11 is 5.67. The molecule has 1 saturated heterocycles. The maximum atomic E-state index is 13.7. The van der Waals surface area contributed by atoms with Crippen LogP contribution >= 0.6 is 11.6 Å². The first-order valence-electron chi connectivity index (χ1n) is 12.9. The summed E-state index contributed by atoms with van der Waals surface area (Å²) in [6.45, 7) is 6.28. The summed E-state index contributed by atoms with van der Waals surface area (Å²) in [5.74, 6) is -1.05. The van der Waals surface area contributed by atoms with E-state index in [0.29, 0.717) is 23.9 Å². The zero-order valence-corrected chi connectivity index (χ0v) is 23.6. The number of ketones is 1. The molecule has 0 aliphatic carbocycles. The van der Waals surface area contributed by atoms with Crippen molar-refractivity contribution in [3.63, 3.8) is 0 Å². The summed E-state index contributed by atoms with van der Waals surface area (Å²) in [5.41, 5.74) is 2.72. The van der Waals surface area contributed by atoms with Gasteiger partial charge in [-0.25, -0.2) is 22.5 Å². The standard InChI is InChI=1S/C27H34ClFN4O4S/c1-18(2)26-25-23(32-12-9-19(10-13-32)16-37-3)15-22(24(34)17-38(35,36)14-4-11-28)30-27(25)33(31-26)21-7-5-20(29)6-8-21/h5-8,15,18-19H,4,9-14,16-17H2,1-3H3. The van der Waals surface area contributed by atoms with Gasteiger partial charge in [0.2, 0.25) is 0 Å². The molecule has 4 rings (SSSR count). The van der Waals surface area contributed by atoms with Crippen molar-refractivity contribution >= 4 is 43.9 Å². The molecule has 2 aromatic heterocycles. The molecule has 3 aromatic rings. The molecule has 0 amide bonds. The second kappa shape index (κ2) is 12.1. The van der Waals surface area contributed by atoms with Gasteiger partial charge in [0.05, 0.1) is 28.2 Å². The van der Waals surface area contributed by atoms with Gasteiger partial charge in [-0.2, -0.15) is 5.10 Å². The highest BCUT2D eigenvalue weighted by Gasteiger charge is 2.28. The normalized spacial score (nSPS) is 15.1. The predicted octanol–water partition coefficient (Wildman–Crippen LogP) is 4.77. The molecule has 0 N–H and O–H groups in total. The van der Waals surface area contributed by atoms with Crippen LogP contribution in [0.25, 0.3) is 16.7 Å². The molecule has 0 atom stereocenters. The molecule has 0 bridgehead atoms. The van der Waals surface area contributed by atoms with Gasteiger partial charge < -0.3 is 9.64 Å². The van der Waals surface area contributed by atoms with Gasteiger partial charge in [-0.3, -0.25) is 4.79 Å². The van der Waals surface area contributed by atoms with Gasteiger partial charge in [-0.15, -0.1) is 11.6 Å². The number of halogens is 2. The molecule has 206 valence electrons. The molecule has 0 saturated carbocycles. The number of alkyl halides is 1. The van der Waals surface area contributed by atoms with Crippen molar-refractivity contribution in [2.24, 2.45) is 5.92 Å². The molecule has 1 fully saturated rings. The Morgan fingerprint density at radius 2 is 1.89 bits per heavy atom. The van der Waals surface area contributed by atoms with E-state index in [0.717, 1.165) is 42.7 Å². The Hall–Kier alpha value is -2.56. The number of sulfone groups is 1. The summed E-state index contributed by atoms with van der Waals surface area (Å²) < 4.78 is 45.8. The number of aromatic nitrogens is 3. The number of carbonyl (C=O) groups excluding carboxylic acids is 1. The number of hydrogen-bond donors (Lipinski definition) is 0. The third-order valence-electron chi connectivity index (χ3n) is 6.85. The number of piperidine rings is 1. The second-order valence-corrected chi connectivity index (χ2v) is 12.7. The minimum absolute atomic E-state index is 0.0447. The van der Waals surface area contributed by atoms with Crippen LogP contribution < -0.4 is 4.90 Å². The Kier molecular flexibility index (Phi) is 9.05. The van der Waals surface area contributed by atoms with E-state index in [4.69, 9.17) is 21.4 Å². The largest absolute Gasteiger partial charge is 0.384 e. The molecule has 11 heteroatoms. The molecule has 0 radical (unpaired) electrons. The molecule has 1 aliphatic rings. The Labute approximate surface area is 228 Å². The third-order valence-corrected chi connectivity index (χ3v) is 8.73. The highest BCUT2D eigenvalue weighted by Crippen LogP contribution is 2.36. The average Bonchev–Trinajstić information content (AvgIpc) is 3.28. The monoisotopic (exact) mass is 564 g/mol. The molecule has 38 heavy (non-hydrogen) atoms. The first-order chi connectivity index (χ1) is 18.1. The van der Waals surface area contributed by atoms with Crippen LogP contribution in [0.5, 0.6) is 0 Å². The molecule has 0 unspecified atom stereocenters. The van der Waals surface area contributed by atoms with Crippen molar-refractivity contribution in [3.8, 4) is 5.69 Å². The quantitative estimate of drug-likeness (QED) is 0.244. The van der Waals surface area contributed by atoms with Crippen LogP contribution in [-0.2, 0) is 14.6 Å². The highest BCUT2D eigenvalue weighted by molar-refractivity contribution is 7.92. The Morgan fingerprint density at radius 3 is 2.50 bits per heavy atom. The number of pyridine rings is 1. The lowest BCUT2D eigenvalue weighted by molar-refractivity contribution is 0.101. The van der Waals surface area contributed by atoms with E-state index in [1.54, 1.807) is 30.0 Å². The second-order valence-electron chi connectivity index (χ2n) is 10.1. The number of methoxy groups -OCH3 is 1. The van der Waals surface area contributed by atoms with Crippen molar-refractivity contribution < 1.29 is 22.3 Å². The number of benzene rings is 1. The van der Waals surface area contributed by atoms with Crippen LogP contribution in [0.1, 0.15) is 55.2 Å². The van der Waals surface area contributed by atoms with Crippen molar-refractivity contribution in [2.75, 3.05) is 49.1 Å². The summed E-state index contributed by atoms with van der Waals surface area (Å²) in [5, 5.41) is 5.66. The first-order valence-corrected chi connectivity index (χ1v) is 15.2. The lowest BCUT2D eigenvalue weighted by Gasteiger charge is -2.34. The number of Topliss-reactive ketones (excluding diaryl/α,β-unsaturated/α-hetero) is 1. The van der Waals surface area contributed by atoms with E-state index < -0.39 is 21.4 Å². The number of fused-ring (bicyclic) bond motifs is 1. The van der Waals surface area contributed by atoms with Crippen LogP contribution in [0, 0.1) is 11.7 Å². The fraction of sp³-hybridized carbons (Fsp3) is 0.519. The molecular formula is C27H34ClFN4O4S. The fourth-order valence-electron chi connectivity index (χ4n) is 4.88. The number of ether oxygens (including phenoxy) is 1. The van der Waals surface area contributed by atoms with E-state index in [9.17, 15) is 17.6 Å². The predicted molar refractivity (Wildman–Crippen MR) is 148 cm³/mol. The minimum atomic E-state index is -3.64. The van der Waals surface area contributed by atoms with E-state index in [2.05, 4.69) is 9.88 Å². The average molecular weight is 565 g/mol. The number of hydrogen-bond acceptors (Lipinski definition) is 7. The Bertz CT molecular complexity index is 1380. The Balaban J connectivity index is 1.86. The molecule has 1 aromatic carbocycles. The van der Waals surface area contributed by atoms with E-state index in [1.807, 2.05) is 13.8 Å². The van der Waals surface area contributed by atoms with Gasteiger partial charge in [-0.1, -0.05) is 13.8 Å². The first kappa shape index (κ1) is 28.4. The Morgan fingerprint density at radius 1 is 1.21 bits per heavy atom. The number of rotatable bonds is 11. The molecular weight excluding hydrogens is 531 g/mol. The van der Waals surface area contributed by atoms with Crippen LogP contribution in [0.2, 0.25) is 0 Å². The van der Waals surface area contributed by atoms with Crippen LogP contribution in [0.3, 0.4) is 0 Å². The van der Waals surface area contributed by atoms with E-state index in [1.165, 1.54) is 12.1 Å². The fourth-order valence-corrected chi connectivity index (χ4v) is 6.45. The van der Waals surface area contributed by atoms with Gasteiger partial charge in [0, 0.05) is 32.7 Å². The summed E-state index contributed by atoms with van der Waals surface area (Å²) in [4.78, 5) is 20.2. The summed E-state index contributed by atoms with van der Waals surface area (Å²) in [6, 6.07) is 7.61. The van der Waals surface area contributed by atoms with Gasteiger partial charge in [0.25, 0.3) is 0 Å². The van der Waals surface area contributed by atoms with Crippen molar-refractivity contribution in [3.05, 3.63) is 47.5 Å². The van der Waals surface area contributed by atoms with E-state index in [-0.39, 0.29) is 35.5 Å². The molecule has 1 aliphatic heterocycles. The van der Waals surface area contributed by atoms with Crippen molar-refractivity contribution in [1.29, 1.82) is 0 Å². The molecule has 8 nitrogen and oxygen atoms in total. The van der Waals surface area contributed by atoms with Gasteiger partial charge in [-0.05, 0) is 61.4 Å². The smallest absolute Gasteiger partial charge is 0.196 e. The number of nitrogens with zero attached hydrogens (tertiary/aromatic N) is 4. The SMILES string of the molecule is COCC1CCN(c2cc(C(=O)CS(=O)(=O)CCCCl)nc3c2c(C(C)C)nn3-c2ccc(F)cc2)CC1. The highest BCUT2D eigenvalue weighted by atomic mass is 35.5. The maximum absolute atomic E-state index is 13.7. The summed E-state index contributed by atoms with van der Waals surface area (Å²) in [7, 11) is -1.93. The topological polar surface area (TPSA) is 94.4 Å². The third kappa shape index (κ3) is 6.35. The zero-order valence-electron chi connectivity index (χ0n) is 22.0. The lowest BCUT2D eigenvalue weighted by Crippen LogP contribution is -2.35. The van der Waals surface area contributed by atoms with Gasteiger partial charge in [0.1, 0.15) is 17.3 Å². The molecule has 3 heterocycles. The van der Waals surface area contributed by atoms with Crippen molar-refractivity contribution in [1.82, 2.24) is 14.8 Å². The van der Waals surface area contributed by atoms with Crippen LogP contribution in [-0.4, -0.2) is 73.2 Å². The van der Waals surface area contributed by atoms with Crippen LogP contribution in [0.4, 0.5) is 10.1 Å². The van der Waals surface area contributed by atoms with Gasteiger partial charge >= 0.3 is 0 Å². The van der Waals surface area contributed by atoms with Gasteiger partial charge in [0.15, 0.2) is 21.3 Å².